The van der Waals surface area contributed by atoms with E-state index in [1.54, 1.807) is 0 Å². The van der Waals surface area contributed by atoms with Crippen LogP contribution in [-0.4, -0.2) is 16.5 Å². The standard InChI is InChI=1S/C34H32N2/c1-23-21-31(35(4)22-28(23)24-13-6-5-7-14-24)25-15-8-9-16-26(25)32-33(2)29-18-11-10-17-27(29)30-19-12-20-36(30)34(32,33)3/h5-22,31-32H,1-4H3. The van der Waals surface area contributed by atoms with E-state index in [-0.39, 0.29) is 17.0 Å². The zero-order valence-electron chi connectivity index (χ0n) is 21.4. The maximum Gasteiger partial charge on any atom is 0.0726 e. The minimum atomic E-state index is 0.00727. The first-order valence-corrected chi connectivity index (χ1v) is 13.0. The van der Waals surface area contributed by atoms with Gasteiger partial charge in [-0.05, 0) is 53.8 Å². The lowest BCUT2D eigenvalue weighted by Crippen LogP contribution is -2.28. The first kappa shape index (κ1) is 21.5. The van der Waals surface area contributed by atoms with Crippen molar-refractivity contribution >= 4 is 5.57 Å². The van der Waals surface area contributed by atoms with Gasteiger partial charge in [0.2, 0.25) is 0 Å². The second-order valence-corrected chi connectivity index (χ2v) is 11.1. The lowest BCUT2D eigenvalue weighted by molar-refractivity contribution is 0.387. The molecule has 2 aliphatic heterocycles. The number of benzene rings is 3. The predicted molar refractivity (Wildman–Crippen MR) is 149 cm³/mol. The Bertz CT molecular complexity index is 1550. The molecule has 1 aliphatic carbocycles. The Labute approximate surface area is 214 Å². The van der Waals surface area contributed by atoms with Gasteiger partial charge in [-0.2, -0.15) is 0 Å². The molecule has 0 spiro atoms. The maximum absolute atomic E-state index is 2.55. The van der Waals surface area contributed by atoms with Crippen LogP contribution in [0.3, 0.4) is 0 Å². The van der Waals surface area contributed by atoms with Crippen molar-refractivity contribution in [1.29, 1.82) is 0 Å². The van der Waals surface area contributed by atoms with Crippen LogP contribution in [0.25, 0.3) is 16.8 Å². The van der Waals surface area contributed by atoms with E-state index in [1.165, 1.54) is 44.7 Å². The van der Waals surface area contributed by atoms with Crippen molar-refractivity contribution in [2.75, 3.05) is 7.05 Å². The number of rotatable bonds is 3. The van der Waals surface area contributed by atoms with Gasteiger partial charge in [0, 0.05) is 47.6 Å². The Kier molecular flexibility index (Phi) is 4.40. The fourth-order valence-corrected chi connectivity index (χ4v) is 7.48. The molecule has 0 amide bonds. The van der Waals surface area contributed by atoms with Crippen LogP contribution in [0.15, 0.2) is 115 Å². The number of fused-ring (bicyclic) bond motifs is 6. The van der Waals surface area contributed by atoms with Gasteiger partial charge in [0.25, 0.3) is 0 Å². The van der Waals surface area contributed by atoms with E-state index in [1.807, 2.05) is 0 Å². The largest absolute Gasteiger partial charge is 0.369 e. The second kappa shape index (κ2) is 7.36. The van der Waals surface area contributed by atoms with Crippen LogP contribution in [0, 0.1) is 0 Å². The smallest absolute Gasteiger partial charge is 0.0726 e. The van der Waals surface area contributed by atoms with Crippen molar-refractivity contribution in [2.24, 2.45) is 0 Å². The molecule has 36 heavy (non-hydrogen) atoms. The van der Waals surface area contributed by atoms with E-state index >= 15 is 0 Å². The molecular formula is C34H32N2. The zero-order valence-corrected chi connectivity index (χ0v) is 21.4. The van der Waals surface area contributed by atoms with Crippen molar-refractivity contribution in [3.8, 4) is 11.3 Å². The van der Waals surface area contributed by atoms with Crippen molar-refractivity contribution < 1.29 is 0 Å². The average molecular weight is 469 g/mol. The summed E-state index contributed by atoms with van der Waals surface area (Å²) in [5, 5.41) is 0. The molecule has 2 nitrogen and oxygen atoms in total. The summed E-state index contributed by atoms with van der Waals surface area (Å²) in [5.74, 6) is 0.401. The normalized spacial score (nSPS) is 27.9. The number of aromatic nitrogens is 1. The van der Waals surface area contributed by atoms with Gasteiger partial charge >= 0.3 is 0 Å². The third-order valence-corrected chi connectivity index (χ3v) is 9.43. The lowest BCUT2D eigenvalue weighted by Gasteiger charge is -2.32. The van der Waals surface area contributed by atoms with Gasteiger partial charge in [0.05, 0.1) is 11.6 Å². The number of hydrogen-bond donors (Lipinski definition) is 0. The van der Waals surface area contributed by atoms with Gasteiger partial charge in [-0.1, -0.05) is 91.9 Å². The Hall–Kier alpha value is -3.78. The molecule has 2 heteroatoms. The highest BCUT2D eigenvalue weighted by Gasteiger charge is 2.75. The van der Waals surface area contributed by atoms with Crippen LogP contribution in [0.5, 0.6) is 0 Å². The summed E-state index contributed by atoms with van der Waals surface area (Å²) < 4.78 is 2.55. The zero-order chi connectivity index (χ0) is 24.7. The molecule has 0 bridgehead atoms. The van der Waals surface area contributed by atoms with Crippen molar-refractivity contribution in [3.63, 3.8) is 0 Å². The highest BCUT2D eigenvalue weighted by molar-refractivity contribution is 5.80. The van der Waals surface area contributed by atoms with E-state index in [0.29, 0.717) is 5.92 Å². The summed E-state index contributed by atoms with van der Waals surface area (Å²) in [6.45, 7) is 7.20. The third-order valence-electron chi connectivity index (χ3n) is 9.43. The van der Waals surface area contributed by atoms with Gasteiger partial charge < -0.3 is 9.47 Å². The second-order valence-electron chi connectivity index (χ2n) is 11.1. The van der Waals surface area contributed by atoms with Crippen LogP contribution in [0.1, 0.15) is 55.0 Å². The topological polar surface area (TPSA) is 8.17 Å². The molecule has 1 aromatic heterocycles. The molecule has 1 saturated carbocycles. The minimum Gasteiger partial charge on any atom is -0.369 e. The van der Waals surface area contributed by atoms with E-state index in [0.717, 1.165) is 0 Å². The molecule has 3 aliphatic rings. The van der Waals surface area contributed by atoms with E-state index in [9.17, 15) is 0 Å². The molecule has 1 fully saturated rings. The van der Waals surface area contributed by atoms with E-state index < -0.39 is 0 Å². The highest BCUT2D eigenvalue weighted by Crippen LogP contribution is 2.76. The Morgan fingerprint density at radius 1 is 0.750 bits per heavy atom. The molecule has 3 heterocycles. The summed E-state index contributed by atoms with van der Waals surface area (Å²) in [7, 11) is 2.22. The van der Waals surface area contributed by atoms with Crippen LogP contribution in [-0.2, 0) is 11.0 Å². The molecule has 0 N–H and O–H groups in total. The monoisotopic (exact) mass is 468 g/mol. The summed E-state index contributed by atoms with van der Waals surface area (Å²) >= 11 is 0. The molecule has 3 aromatic carbocycles. The Balaban J connectivity index is 1.35. The minimum absolute atomic E-state index is 0.00727. The highest BCUT2D eigenvalue weighted by atomic mass is 15.2. The Morgan fingerprint density at radius 2 is 1.44 bits per heavy atom. The van der Waals surface area contributed by atoms with Gasteiger partial charge in [-0.25, -0.2) is 0 Å². The Morgan fingerprint density at radius 3 is 2.25 bits per heavy atom. The maximum atomic E-state index is 2.55. The quantitative estimate of drug-likeness (QED) is 0.296. The number of allylic oxidation sites excluding steroid dienone is 2. The number of likely N-dealkylation sites (N-methyl/N-ethyl adjacent to an activating group) is 1. The predicted octanol–water partition coefficient (Wildman–Crippen LogP) is 7.91. The van der Waals surface area contributed by atoms with Crippen molar-refractivity contribution in [2.45, 2.75) is 43.7 Å². The SMILES string of the molecule is CC1=CC(c2ccccc2C2C3(C)c4ccccc4-c4cccn4C23C)N(C)C=C1c1ccccc1. The summed E-state index contributed by atoms with van der Waals surface area (Å²) in [6.07, 6.45) is 7.07. The summed E-state index contributed by atoms with van der Waals surface area (Å²) in [6, 6.07) is 33.6. The fraction of sp³-hybridized carbons (Fsp3) is 0.235. The summed E-state index contributed by atoms with van der Waals surface area (Å²) in [4.78, 5) is 2.39. The van der Waals surface area contributed by atoms with E-state index in [2.05, 4.69) is 147 Å². The van der Waals surface area contributed by atoms with Crippen LogP contribution >= 0.6 is 0 Å². The number of hydrogen-bond acceptors (Lipinski definition) is 1. The molecule has 4 unspecified atom stereocenters. The van der Waals surface area contributed by atoms with Gasteiger partial charge in [-0.15, -0.1) is 0 Å². The molecule has 4 atom stereocenters. The first-order valence-electron chi connectivity index (χ1n) is 13.0. The van der Waals surface area contributed by atoms with Crippen molar-refractivity contribution in [3.05, 3.63) is 137 Å². The molecular weight excluding hydrogens is 436 g/mol. The molecule has 178 valence electrons. The molecule has 0 radical (unpaired) electrons. The lowest BCUT2D eigenvalue weighted by atomic mass is 9.83. The molecule has 4 aromatic rings. The van der Waals surface area contributed by atoms with Gasteiger partial charge in [-0.3, -0.25) is 0 Å². The van der Waals surface area contributed by atoms with Gasteiger partial charge in [0.1, 0.15) is 0 Å². The average Bonchev–Trinajstić information content (AvgIpc) is 3.20. The van der Waals surface area contributed by atoms with Crippen LogP contribution < -0.4 is 0 Å². The van der Waals surface area contributed by atoms with Crippen LogP contribution in [0.4, 0.5) is 0 Å². The van der Waals surface area contributed by atoms with Crippen LogP contribution in [0.2, 0.25) is 0 Å². The third kappa shape index (κ3) is 2.62. The number of nitrogens with zero attached hydrogens (tertiary/aromatic N) is 2. The molecule has 0 saturated heterocycles. The van der Waals surface area contributed by atoms with E-state index in [4.69, 9.17) is 0 Å². The fourth-order valence-electron chi connectivity index (χ4n) is 7.48. The van der Waals surface area contributed by atoms with Gasteiger partial charge in [0.15, 0.2) is 0 Å². The summed E-state index contributed by atoms with van der Waals surface area (Å²) in [5.41, 5.74) is 11.0. The molecule has 7 rings (SSSR count). The van der Waals surface area contributed by atoms with Crippen molar-refractivity contribution in [1.82, 2.24) is 9.47 Å². The first-order chi connectivity index (χ1) is 17.5.